The van der Waals surface area contributed by atoms with Crippen molar-refractivity contribution in [3.8, 4) is 0 Å². The molecule has 0 saturated carbocycles. The van der Waals surface area contributed by atoms with E-state index in [2.05, 4.69) is 44.7 Å². The Hall–Kier alpha value is 0.0444. The Bertz CT molecular complexity index is 323. The normalized spacial score (nSPS) is 15.0. The van der Waals surface area contributed by atoms with Gasteiger partial charge in [0, 0.05) is 30.8 Å². The van der Waals surface area contributed by atoms with Crippen molar-refractivity contribution in [3.63, 3.8) is 0 Å². The Labute approximate surface area is 197 Å². The summed E-state index contributed by atoms with van der Waals surface area (Å²) in [6.07, 6.45) is 10.1. The third kappa shape index (κ3) is 18.5. The van der Waals surface area contributed by atoms with E-state index in [1.807, 2.05) is 27.7 Å². The molecule has 0 aromatic rings. The van der Waals surface area contributed by atoms with Crippen LogP contribution in [0.1, 0.15) is 114 Å². The zero-order chi connectivity index (χ0) is 21.1. The molecule has 1 N–H and O–H groups in total. The fourth-order valence-electron chi connectivity index (χ4n) is 3.34. The standard InChI is InChI=1S/C20H40N2O.2C2H6.CH4.V/c1-6-8-12-20(5,13-9-7-2)17-23-22(18(3)4)15-11-19-10-14-21-16-19;2*1-2;;/h19,21H,3,6-17H2,1-2,4-5H3;2*1-2H3;1H4;. The topological polar surface area (TPSA) is 24.5 Å². The van der Waals surface area contributed by atoms with Gasteiger partial charge in [0.25, 0.3) is 0 Å². The quantitative estimate of drug-likeness (QED) is 0.289. The van der Waals surface area contributed by atoms with Crippen LogP contribution in [0.5, 0.6) is 0 Å². The molecular weight excluding hydrogens is 395 g/mol. The van der Waals surface area contributed by atoms with Gasteiger partial charge in [-0.1, -0.05) is 88.2 Å². The number of hydroxylamine groups is 2. The van der Waals surface area contributed by atoms with E-state index < -0.39 is 0 Å². The fraction of sp³-hybridized carbons (Fsp3) is 0.920. The molecule has 29 heavy (non-hydrogen) atoms. The molecule has 1 radical (unpaired) electrons. The number of allylic oxidation sites excluding steroid dienone is 1. The van der Waals surface area contributed by atoms with Crippen LogP contribution in [0.25, 0.3) is 0 Å². The van der Waals surface area contributed by atoms with Gasteiger partial charge < -0.3 is 5.32 Å². The third-order valence-corrected chi connectivity index (χ3v) is 5.17. The van der Waals surface area contributed by atoms with E-state index in [-0.39, 0.29) is 26.0 Å². The Balaban J connectivity index is -0.000000488. The Kier molecular flexibility index (Phi) is 30.5. The summed E-state index contributed by atoms with van der Waals surface area (Å²) in [5.41, 5.74) is 1.33. The SMILES string of the molecule is C.C=C(C)N(CCC1CCNC1)OCC(C)(CCCC)CCCC.CC.CC.[V]. The summed E-state index contributed by atoms with van der Waals surface area (Å²) < 4.78 is 0. The van der Waals surface area contributed by atoms with Crippen LogP contribution in [-0.4, -0.2) is 31.3 Å². The van der Waals surface area contributed by atoms with Gasteiger partial charge in [-0.25, -0.2) is 0 Å². The van der Waals surface area contributed by atoms with Crippen LogP contribution in [0.2, 0.25) is 0 Å². The first-order chi connectivity index (χ1) is 13.0. The van der Waals surface area contributed by atoms with Crippen molar-refractivity contribution in [2.75, 3.05) is 26.2 Å². The Morgan fingerprint density at radius 2 is 1.62 bits per heavy atom. The molecule has 0 spiro atoms. The van der Waals surface area contributed by atoms with Crippen LogP contribution in [0.3, 0.4) is 0 Å². The molecule has 4 heteroatoms. The molecule has 1 aliphatic heterocycles. The van der Waals surface area contributed by atoms with Crippen LogP contribution < -0.4 is 5.32 Å². The van der Waals surface area contributed by atoms with Gasteiger partial charge in [0.15, 0.2) is 0 Å². The molecule has 1 heterocycles. The second-order valence-corrected chi connectivity index (χ2v) is 7.78. The molecular formula is C25H56N2OV. The van der Waals surface area contributed by atoms with Crippen molar-refractivity contribution in [1.29, 1.82) is 0 Å². The maximum atomic E-state index is 6.24. The first kappa shape index (κ1) is 36.4. The molecule has 1 fully saturated rings. The van der Waals surface area contributed by atoms with Crippen LogP contribution in [-0.2, 0) is 23.4 Å². The van der Waals surface area contributed by atoms with Crippen LogP contribution >= 0.6 is 0 Å². The van der Waals surface area contributed by atoms with E-state index in [4.69, 9.17) is 4.84 Å². The number of hydrogen-bond acceptors (Lipinski definition) is 3. The minimum atomic E-state index is 0. The molecule has 177 valence electrons. The van der Waals surface area contributed by atoms with Gasteiger partial charge in [0.1, 0.15) is 0 Å². The Morgan fingerprint density at radius 3 is 2.00 bits per heavy atom. The number of rotatable bonds is 13. The smallest absolute Gasteiger partial charge is 0.0802 e. The van der Waals surface area contributed by atoms with E-state index in [1.165, 1.54) is 57.9 Å². The minimum absolute atomic E-state index is 0. The molecule has 0 amide bonds. The van der Waals surface area contributed by atoms with E-state index in [9.17, 15) is 0 Å². The van der Waals surface area contributed by atoms with E-state index in [1.54, 1.807) is 0 Å². The fourth-order valence-corrected chi connectivity index (χ4v) is 3.34. The van der Waals surface area contributed by atoms with Crippen molar-refractivity contribution in [3.05, 3.63) is 12.3 Å². The van der Waals surface area contributed by atoms with E-state index >= 15 is 0 Å². The summed E-state index contributed by atoms with van der Waals surface area (Å²) in [6, 6.07) is 0. The molecule has 0 aromatic carbocycles. The molecule has 1 unspecified atom stereocenters. The summed E-state index contributed by atoms with van der Waals surface area (Å²) in [5, 5.41) is 5.50. The molecule has 1 aliphatic rings. The van der Waals surface area contributed by atoms with Crippen molar-refractivity contribution in [2.24, 2.45) is 11.3 Å². The molecule has 3 nitrogen and oxygen atoms in total. The number of hydrogen-bond donors (Lipinski definition) is 1. The van der Waals surface area contributed by atoms with Crippen LogP contribution in [0, 0.1) is 11.3 Å². The van der Waals surface area contributed by atoms with Crippen LogP contribution in [0.4, 0.5) is 0 Å². The van der Waals surface area contributed by atoms with Gasteiger partial charge in [0.05, 0.1) is 6.61 Å². The monoisotopic (exact) mass is 451 g/mol. The maximum absolute atomic E-state index is 6.24. The average Bonchev–Trinajstić information content (AvgIpc) is 3.21. The average molecular weight is 452 g/mol. The van der Waals surface area contributed by atoms with Gasteiger partial charge in [0.2, 0.25) is 0 Å². The first-order valence-electron chi connectivity index (χ1n) is 11.8. The van der Waals surface area contributed by atoms with Crippen molar-refractivity contribution >= 4 is 0 Å². The largest absolute Gasteiger partial charge is 0.316 e. The zero-order valence-corrected chi connectivity index (χ0v) is 22.0. The van der Waals surface area contributed by atoms with Crippen molar-refractivity contribution < 1.29 is 23.4 Å². The maximum Gasteiger partial charge on any atom is 0.0802 e. The number of unbranched alkanes of at least 4 members (excludes halogenated alkanes) is 2. The predicted octanol–water partition coefficient (Wildman–Crippen LogP) is 7.83. The molecule has 1 rings (SSSR count). The molecule has 1 atom stereocenters. The molecule has 0 bridgehead atoms. The summed E-state index contributed by atoms with van der Waals surface area (Å²) in [4.78, 5) is 6.24. The van der Waals surface area contributed by atoms with E-state index in [0.717, 1.165) is 31.3 Å². The number of nitrogens with zero attached hydrogens (tertiary/aromatic N) is 1. The van der Waals surface area contributed by atoms with Crippen molar-refractivity contribution in [2.45, 2.75) is 114 Å². The third-order valence-electron chi connectivity index (χ3n) is 5.17. The van der Waals surface area contributed by atoms with E-state index in [0.29, 0.717) is 5.41 Å². The predicted molar refractivity (Wildman–Crippen MR) is 130 cm³/mol. The molecule has 0 aromatic heterocycles. The summed E-state index contributed by atoms with van der Waals surface area (Å²) >= 11 is 0. The second kappa shape index (κ2) is 24.3. The Morgan fingerprint density at radius 1 is 1.10 bits per heavy atom. The second-order valence-electron chi connectivity index (χ2n) is 7.78. The number of nitrogens with one attached hydrogen (secondary N) is 1. The van der Waals surface area contributed by atoms with Crippen molar-refractivity contribution in [1.82, 2.24) is 10.4 Å². The van der Waals surface area contributed by atoms with Crippen LogP contribution in [0.15, 0.2) is 12.3 Å². The van der Waals surface area contributed by atoms with Gasteiger partial charge in [-0.2, -0.15) is 0 Å². The summed E-state index contributed by atoms with van der Waals surface area (Å²) in [7, 11) is 0. The summed E-state index contributed by atoms with van der Waals surface area (Å²) in [6.45, 7) is 25.2. The summed E-state index contributed by atoms with van der Waals surface area (Å²) in [5.74, 6) is 0.798. The van der Waals surface area contributed by atoms with Gasteiger partial charge >= 0.3 is 0 Å². The first-order valence-corrected chi connectivity index (χ1v) is 11.8. The molecule has 0 aliphatic carbocycles. The van der Waals surface area contributed by atoms with Gasteiger partial charge in [-0.05, 0) is 57.0 Å². The zero-order valence-electron chi connectivity index (χ0n) is 20.6. The van der Waals surface area contributed by atoms with Gasteiger partial charge in [-0.3, -0.25) is 9.90 Å². The minimum Gasteiger partial charge on any atom is -0.316 e. The molecule has 1 saturated heterocycles. The van der Waals surface area contributed by atoms with Gasteiger partial charge in [-0.15, -0.1) is 0 Å².